The van der Waals surface area contributed by atoms with Crippen LogP contribution in [-0.2, 0) is 0 Å². The van der Waals surface area contributed by atoms with Gasteiger partial charge in [-0.3, -0.25) is 20.4 Å². The summed E-state index contributed by atoms with van der Waals surface area (Å²) in [6.45, 7) is 3.77. The van der Waals surface area contributed by atoms with Crippen LogP contribution < -0.4 is 10.9 Å². The number of hydrazine groups is 1. The van der Waals surface area contributed by atoms with Gasteiger partial charge in [-0.2, -0.15) is 0 Å². The van der Waals surface area contributed by atoms with Crippen LogP contribution in [0.3, 0.4) is 0 Å². The number of nitrogens with zero attached hydrogens (tertiary/aromatic N) is 2. The van der Waals surface area contributed by atoms with E-state index in [1.807, 2.05) is 50.2 Å². The molecule has 0 fully saturated rings. The van der Waals surface area contributed by atoms with Crippen LogP contribution in [0.1, 0.15) is 46.4 Å². The first-order valence-corrected chi connectivity index (χ1v) is 10.0. The van der Waals surface area contributed by atoms with Crippen LogP contribution >= 0.6 is 11.6 Å². The first kappa shape index (κ1) is 20.6. The molecule has 156 valence electrons. The van der Waals surface area contributed by atoms with Gasteiger partial charge in [-0.05, 0) is 18.2 Å². The number of aromatic nitrogens is 2. The van der Waals surface area contributed by atoms with Crippen molar-refractivity contribution in [3.63, 3.8) is 0 Å². The minimum absolute atomic E-state index is 0.0266. The van der Waals surface area contributed by atoms with E-state index in [2.05, 4.69) is 20.8 Å². The predicted molar refractivity (Wildman–Crippen MR) is 118 cm³/mol. The maximum absolute atomic E-state index is 13.0. The molecule has 2 aromatic carbocycles. The molecule has 0 aliphatic carbocycles. The van der Waals surface area contributed by atoms with E-state index < -0.39 is 11.8 Å². The lowest BCUT2D eigenvalue weighted by atomic mass is 10.0. The van der Waals surface area contributed by atoms with Gasteiger partial charge in [-0.15, -0.1) is 0 Å². The summed E-state index contributed by atoms with van der Waals surface area (Å²) in [7, 11) is 0. The number of rotatable bonds is 4. The summed E-state index contributed by atoms with van der Waals surface area (Å²) in [5.41, 5.74) is 7.24. The molecule has 0 atom stereocenters. The van der Waals surface area contributed by atoms with E-state index in [-0.39, 0.29) is 11.6 Å². The molecule has 2 N–H and O–H groups in total. The number of hydrogen-bond acceptors (Lipinski definition) is 5. The maximum Gasteiger partial charge on any atom is 0.291 e. The van der Waals surface area contributed by atoms with Gasteiger partial charge in [0.05, 0.1) is 16.8 Å². The standard InChI is InChI=1S/C23H19ClN4O3/c1-13(2)21-20(25-12-31-21)23(30)28-27-22(29)16-11-19(15-8-3-5-9-17(15)24)26-18-10-6-4-7-14(16)18/h3-13H,1-2H3,(H,27,29)(H,28,30). The Labute approximate surface area is 183 Å². The van der Waals surface area contributed by atoms with Gasteiger partial charge >= 0.3 is 0 Å². The number of oxazole rings is 1. The Balaban J connectivity index is 1.65. The molecule has 0 radical (unpaired) electrons. The van der Waals surface area contributed by atoms with Crippen molar-refractivity contribution in [2.75, 3.05) is 0 Å². The first-order valence-electron chi connectivity index (χ1n) is 9.64. The van der Waals surface area contributed by atoms with Crippen LogP contribution in [-0.4, -0.2) is 21.8 Å². The van der Waals surface area contributed by atoms with E-state index in [1.54, 1.807) is 18.2 Å². The fourth-order valence-corrected chi connectivity index (χ4v) is 3.48. The minimum atomic E-state index is -0.560. The fraction of sp³-hybridized carbons (Fsp3) is 0.130. The van der Waals surface area contributed by atoms with Crippen molar-refractivity contribution < 1.29 is 14.0 Å². The first-order chi connectivity index (χ1) is 15.0. The zero-order valence-corrected chi connectivity index (χ0v) is 17.6. The number of para-hydroxylation sites is 1. The van der Waals surface area contributed by atoms with Gasteiger partial charge in [0.25, 0.3) is 11.8 Å². The lowest BCUT2D eigenvalue weighted by molar-refractivity contribution is 0.0843. The smallest absolute Gasteiger partial charge is 0.291 e. The number of amides is 2. The van der Waals surface area contributed by atoms with Crippen LogP contribution in [0.15, 0.2) is 65.4 Å². The van der Waals surface area contributed by atoms with Gasteiger partial charge in [-0.1, -0.05) is 61.8 Å². The molecule has 4 rings (SSSR count). The number of fused-ring (bicyclic) bond motifs is 1. The molecule has 0 spiro atoms. The van der Waals surface area contributed by atoms with Crippen LogP contribution in [0.4, 0.5) is 0 Å². The van der Waals surface area contributed by atoms with Crippen LogP contribution in [0.2, 0.25) is 5.02 Å². The molecule has 0 unspecified atom stereocenters. The number of pyridine rings is 1. The average Bonchev–Trinajstić information content (AvgIpc) is 3.27. The molecule has 0 saturated carbocycles. The third kappa shape index (κ3) is 4.13. The molecule has 31 heavy (non-hydrogen) atoms. The average molecular weight is 435 g/mol. The highest BCUT2D eigenvalue weighted by Gasteiger charge is 2.21. The predicted octanol–water partition coefficient (Wildman–Crippen LogP) is 4.74. The highest BCUT2D eigenvalue weighted by Crippen LogP contribution is 2.29. The highest BCUT2D eigenvalue weighted by atomic mass is 35.5. The van der Waals surface area contributed by atoms with Gasteiger partial charge in [0.2, 0.25) is 0 Å². The largest absolute Gasteiger partial charge is 0.447 e. The quantitative estimate of drug-likeness (QED) is 0.452. The summed E-state index contributed by atoms with van der Waals surface area (Å²) in [5.74, 6) is -0.631. The lowest BCUT2D eigenvalue weighted by Crippen LogP contribution is -2.42. The molecule has 8 heteroatoms. The van der Waals surface area contributed by atoms with Gasteiger partial charge in [0, 0.05) is 21.9 Å². The Morgan fingerprint density at radius 3 is 2.48 bits per heavy atom. The number of benzene rings is 2. The number of hydrogen-bond donors (Lipinski definition) is 2. The second kappa shape index (κ2) is 8.57. The summed E-state index contributed by atoms with van der Waals surface area (Å²) in [5, 5.41) is 1.17. The molecule has 2 aromatic heterocycles. The molecule has 2 heterocycles. The SMILES string of the molecule is CC(C)c1ocnc1C(=O)NNC(=O)c1cc(-c2ccccc2Cl)nc2ccccc12. The van der Waals surface area contributed by atoms with E-state index in [1.165, 1.54) is 6.39 Å². The van der Waals surface area contributed by atoms with Crippen molar-refractivity contribution in [2.45, 2.75) is 19.8 Å². The second-order valence-corrected chi connectivity index (χ2v) is 7.59. The maximum atomic E-state index is 13.0. The highest BCUT2D eigenvalue weighted by molar-refractivity contribution is 6.33. The molecule has 4 aromatic rings. The summed E-state index contributed by atoms with van der Waals surface area (Å²) >= 11 is 6.33. The van der Waals surface area contributed by atoms with Gasteiger partial charge < -0.3 is 4.42 Å². The normalized spacial score (nSPS) is 11.0. The number of carbonyl (C=O) groups is 2. The molecule has 0 bridgehead atoms. The number of halogens is 1. The third-order valence-electron chi connectivity index (χ3n) is 4.73. The summed E-state index contributed by atoms with van der Waals surface area (Å²) in [6, 6.07) is 16.2. The van der Waals surface area contributed by atoms with E-state index in [0.717, 1.165) is 0 Å². The van der Waals surface area contributed by atoms with Crippen molar-refractivity contribution in [3.8, 4) is 11.3 Å². The Kier molecular flexibility index (Phi) is 5.68. The molecule has 0 aliphatic rings. The summed E-state index contributed by atoms with van der Waals surface area (Å²) in [4.78, 5) is 34.1. The Morgan fingerprint density at radius 1 is 1.00 bits per heavy atom. The zero-order valence-electron chi connectivity index (χ0n) is 16.8. The fourth-order valence-electron chi connectivity index (χ4n) is 3.25. The van der Waals surface area contributed by atoms with E-state index in [4.69, 9.17) is 16.0 Å². The Bertz CT molecular complexity index is 1280. The van der Waals surface area contributed by atoms with Gasteiger partial charge in [0.1, 0.15) is 5.76 Å². The Morgan fingerprint density at radius 2 is 1.71 bits per heavy atom. The van der Waals surface area contributed by atoms with E-state index >= 15 is 0 Å². The molecule has 7 nitrogen and oxygen atoms in total. The lowest BCUT2D eigenvalue weighted by Gasteiger charge is -2.12. The van der Waals surface area contributed by atoms with Gasteiger partial charge in [-0.25, -0.2) is 9.97 Å². The number of carbonyl (C=O) groups excluding carboxylic acids is 2. The van der Waals surface area contributed by atoms with Crippen molar-refractivity contribution in [3.05, 3.63) is 83.0 Å². The minimum Gasteiger partial charge on any atom is -0.447 e. The molecule has 0 saturated heterocycles. The second-order valence-electron chi connectivity index (χ2n) is 7.18. The monoisotopic (exact) mass is 434 g/mol. The third-order valence-corrected chi connectivity index (χ3v) is 5.06. The topological polar surface area (TPSA) is 97.1 Å². The summed E-state index contributed by atoms with van der Waals surface area (Å²) in [6.07, 6.45) is 1.21. The van der Waals surface area contributed by atoms with Crippen LogP contribution in [0.5, 0.6) is 0 Å². The zero-order chi connectivity index (χ0) is 22.0. The number of nitrogens with one attached hydrogen (secondary N) is 2. The van der Waals surface area contributed by atoms with Crippen LogP contribution in [0, 0.1) is 0 Å². The molecular weight excluding hydrogens is 416 g/mol. The van der Waals surface area contributed by atoms with Crippen molar-refractivity contribution in [1.82, 2.24) is 20.8 Å². The molecule has 0 aliphatic heterocycles. The van der Waals surface area contributed by atoms with E-state index in [0.29, 0.717) is 38.5 Å². The van der Waals surface area contributed by atoms with Crippen molar-refractivity contribution >= 4 is 34.3 Å². The Hall–Kier alpha value is -3.71. The molecular formula is C23H19ClN4O3. The van der Waals surface area contributed by atoms with Gasteiger partial charge in [0.15, 0.2) is 12.1 Å². The van der Waals surface area contributed by atoms with Crippen LogP contribution in [0.25, 0.3) is 22.2 Å². The van der Waals surface area contributed by atoms with Crippen molar-refractivity contribution in [1.29, 1.82) is 0 Å². The van der Waals surface area contributed by atoms with E-state index in [9.17, 15) is 9.59 Å². The van der Waals surface area contributed by atoms with Crippen molar-refractivity contribution in [2.24, 2.45) is 0 Å². The summed E-state index contributed by atoms with van der Waals surface area (Å²) < 4.78 is 5.27. The molecule has 2 amide bonds.